The predicted octanol–water partition coefficient (Wildman–Crippen LogP) is 3.92. The van der Waals surface area contributed by atoms with Gasteiger partial charge in [-0.2, -0.15) is 0 Å². The molecule has 3 rings (SSSR count). The SMILES string of the molecule is NC1CCCCCC1C(=O)Cc1csc2ccccc12. The van der Waals surface area contributed by atoms with E-state index in [4.69, 9.17) is 5.73 Å². The number of nitrogens with two attached hydrogens (primary N) is 1. The lowest BCUT2D eigenvalue weighted by Gasteiger charge is -2.19. The van der Waals surface area contributed by atoms with Gasteiger partial charge in [0.1, 0.15) is 5.78 Å². The molecule has 0 spiro atoms. The van der Waals surface area contributed by atoms with E-state index < -0.39 is 0 Å². The molecule has 2 unspecified atom stereocenters. The molecule has 0 aliphatic heterocycles. The first kappa shape index (κ1) is 13.8. The third kappa shape index (κ3) is 2.79. The molecule has 2 aromatic rings. The minimum absolute atomic E-state index is 0.0647. The van der Waals surface area contributed by atoms with Crippen molar-refractivity contribution in [2.45, 2.75) is 44.6 Å². The highest BCUT2D eigenvalue weighted by Crippen LogP contribution is 2.29. The minimum Gasteiger partial charge on any atom is -0.327 e. The van der Waals surface area contributed by atoms with Crippen molar-refractivity contribution >= 4 is 27.2 Å². The Morgan fingerprint density at radius 2 is 2.00 bits per heavy atom. The summed E-state index contributed by atoms with van der Waals surface area (Å²) in [5.74, 6) is 0.402. The first-order valence-electron chi connectivity index (χ1n) is 7.49. The zero-order valence-corrected chi connectivity index (χ0v) is 12.5. The van der Waals surface area contributed by atoms with Gasteiger partial charge in [0.25, 0.3) is 0 Å². The Balaban J connectivity index is 1.78. The van der Waals surface area contributed by atoms with Crippen LogP contribution in [0.4, 0.5) is 0 Å². The predicted molar refractivity (Wildman–Crippen MR) is 85.1 cm³/mol. The van der Waals surface area contributed by atoms with Crippen molar-refractivity contribution in [2.24, 2.45) is 11.7 Å². The Kier molecular flexibility index (Phi) is 4.18. The van der Waals surface area contributed by atoms with E-state index in [2.05, 4.69) is 17.5 Å². The number of carbonyl (C=O) groups is 1. The molecule has 1 saturated carbocycles. The summed E-state index contributed by atoms with van der Waals surface area (Å²) in [6, 6.07) is 8.38. The Morgan fingerprint density at radius 3 is 2.90 bits per heavy atom. The molecule has 1 aromatic heterocycles. The first-order valence-corrected chi connectivity index (χ1v) is 8.37. The van der Waals surface area contributed by atoms with Crippen molar-refractivity contribution < 1.29 is 4.79 Å². The van der Waals surface area contributed by atoms with Crippen LogP contribution in [0.3, 0.4) is 0 Å². The molecule has 2 N–H and O–H groups in total. The van der Waals surface area contributed by atoms with E-state index in [-0.39, 0.29) is 12.0 Å². The molecule has 20 heavy (non-hydrogen) atoms. The topological polar surface area (TPSA) is 43.1 Å². The van der Waals surface area contributed by atoms with E-state index >= 15 is 0 Å². The zero-order chi connectivity index (χ0) is 13.9. The molecular weight excluding hydrogens is 266 g/mol. The molecule has 2 atom stereocenters. The van der Waals surface area contributed by atoms with Gasteiger partial charge in [0.05, 0.1) is 0 Å². The van der Waals surface area contributed by atoms with Crippen molar-refractivity contribution in [3.8, 4) is 0 Å². The van der Waals surface area contributed by atoms with E-state index in [1.54, 1.807) is 11.3 Å². The molecule has 106 valence electrons. The van der Waals surface area contributed by atoms with Crippen LogP contribution >= 0.6 is 11.3 Å². The molecule has 1 aliphatic rings. The molecule has 0 saturated heterocycles. The number of Topliss-reactive ketones (excluding diaryl/α,β-unsaturated/α-hetero) is 1. The van der Waals surface area contributed by atoms with Crippen LogP contribution in [0.1, 0.15) is 37.7 Å². The second kappa shape index (κ2) is 6.06. The van der Waals surface area contributed by atoms with Crippen molar-refractivity contribution in [1.82, 2.24) is 0 Å². The number of hydrogen-bond acceptors (Lipinski definition) is 3. The molecule has 1 heterocycles. The van der Waals surface area contributed by atoms with Crippen LogP contribution in [-0.2, 0) is 11.2 Å². The normalized spacial score (nSPS) is 23.6. The van der Waals surface area contributed by atoms with Gasteiger partial charge in [-0.25, -0.2) is 0 Å². The van der Waals surface area contributed by atoms with E-state index in [1.807, 2.05) is 12.1 Å². The maximum atomic E-state index is 12.6. The van der Waals surface area contributed by atoms with Crippen LogP contribution in [0.5, 0.6) is 0 Å². The molecule has 0 bridgehead atoms. The summed E-state index contributed by atoms with van der Waals surface area (Å²) in [7, 11) is 0. The molecular formula is C17H21NOS. The molecule has 1 aliphatic carbocycles. The van der Waals surface area contributed by atoms with E-state index in [0.717, 1.165) is 19.3 Å². The van der Waals surface area contributed by atoms with E-state index in [0.29, 0.717) is 12.2 Å². The number of carbonyl (C=O) groups excluding carboxylic acids is 1. The standard InChI is InChI=1S/C17H21NOS/c18-15-8-3-1-2-7-14(15)16(19)10-12-11-20-17-9-5-4-6-13(12)17/h4-6,9,11,14-15H,1-3,7-8,10,18H2. The number of rotatable bonds is 3. The lowest BCUT2D eigenvalue weighted by molar-refractivity contribution is -0.123. The monoisotopic (exact) mass is 287 g/mol. The van der Waals surface area contributed by atoms with Gasteiger partial charge in [-0.05, 0) is 35.2 Å². The Morgan fingerprint density at radius 1 is 1.20 bits per heavy atom. The van der Waals surface area contributed by atoms with Gasteiger partial charge in [0, 0.05) is 23.1 Å². The van der Waals surface area contributed by atoms with Crippen LogP contribution in [0.15, 0.2) is 29.6 Å². The first-order chi connectivity index (χ1) is 9.75. The zero-order valence-electron chi connectivity index (χ0n) is 11.7. The maximum absolute atomic E-state index is 12.6. The third-order valence-electron chi connectivity index (χ3n) is 4.41. The van der Waals surface area contributed by atoms with Gasteiger partial charge < -0.3 is 5.73 Å². The van der Waals surface area contributed by atoms with E-state index in [1.165, 1.54) is 28.5 Å². The van der Waals surface area contributed by atoms with Gasteiger partial charge in [0.15, 0.2) is 0 Å². The highest BCUT2D eigenvalue weighted by molar-refractivity contribution is 7.17. The molecule has 2 nitrogen and oxygen atoms in total. The molecule has 0 radical (unpaired) electrons. The Hall–Kier alpha value is -1.19. The van der Waals surface area contributed by atoms with Crippen LogP contribution in [-0.4, -0.2) is 11.8 Å². The van der Waals surface area contributed by atoms with Gasteiger partial charge in [0.2, 0.25) is 0 Å². The minimum atomic E-state index is 0.0647. The number of fused-ring (bicyclic) bond motifs is 1. The van der Waals surface area contributed by atoms with Gasteiger partial charge in [-0.1, -0.05) is 37.5 Å². The van der Waals surface area contributed by atoms with Crippen molar-refractivity contribution in [1.29, 1.82) is 0 Å². The fraction of sp³-hybridized carbons (Fsp3) is 0.471. The third-order valence-corrected chi connectivity index (χ3v) is 5.42. The Labute approximate surface area is 124 Å². The highest BCUT2D eigenvalue weighted by Gasteiger charge is 2.27. The molecule has 1 aromatic carbocycles. The van der Waals surface area contributed by atoms with Gasteiger partial charge in [-0.15, -0.1) is 11.3 Å². The smallest absolute Gasteiger partial charge is 0.141 e. The average molecular weight is 287 g/mol. The average Bonchev–Trinajstić information content (AvgIpc) is 2.72. The van der Waals surface area contributed by atoms with Crippen LogP contribution in [0.25, 0.3) is 10.1 Å². The lowest BCUT2D eigenvalue weighted by atomic mass is 9.88. The number of benzene rings is 1. The van der Waals surface area contributed by atoms with Crippen LogP contribution < -0.4 is 5.73 Å². The van der Waals surface area contributed by atoms with Gasteiger partial charge in [-0.3, -0.25) is 4.79 Å². The largest absolute Gasteiger partial charge is 0.327 e. The summed E-state index contributed by atoms with van der Waals surface area (Å²) in [6.45, 7) is 0. The summed E-state index contributed by atoms with van der Waals surface area (Å²) < 4.78 is 1.26. The number of hydrogen-bond donors (Lipinski definition) is 1. The summed E-state index contributed by atoms with van der Waals surface area (Å²) in [6.07, 6.45) is 6.06. The van der Waals surface area contributed by atoms with Crippen molar-refractivity contribution in [2.75, 3.05) is 0 Å². The summed E-state index contributed by atoms with van der Waals surface area (Å²) in [5.41, 5.74) is 7.38. The van der Waals surface area contributed by atoms with E-state index in [9.17, 15) is 4.79 Å². The lowest BCUT2D eigenvalue weighted by Crippen LogP contribution is -2.35. The highest BCUT2D eigenvalue weighted by atomic mass is 32.1. The van der Waals surface area contributed by atoms with Gasteiger partial charge >= 0.3 is 0 Å². The van der Waals surface area contributed by atoms with Crippen molar-refractivity contribution in [3.63, 3.8) is 0 Å². The second-order valence-corrected chi connectivity index (χ2v) is 6.72. The fourth-order valence-corrected chi connectivity index (χ4v) is 4.19. The summed E-state index contributed by atoms with van der Waals surface area (Å²) in [4.78, 5) is 12.6. The number of ketones is 1. The Bertz CT molecular complexity index is 604. The molecule has 3 heteroatoms. The quantitative estimate of drug-likeness (QED) is 0.869. The maximum Gasteiger partial charge on any atom is 0.141 e. The van der Waals surface area contributed by atoms with Crippen LogP contribution in [0, 0.1) is 5.92 Å². The fourth-order valence-electron chi connectivity index (χ4n) is 3.22. The van der Waals surface area contributed by atoms with Crippen molar-refractivity contribution in [3.05, 3.63) is 35.2 Å². The second-order valence-electron chi connectivity index (χ2n) is 5.81. The summed E-state index contributed by atoms with van der Waals surface area (Å²) >= 11 is 1.72. The molecule has 0 amide bonds. The van der Waals surface area contributed by atoms with Crippen LogP contribution in [0.2, 0.25) is 0 Å². The number of thiophene rings is 1. The molecule has 1 fully saturated rings. The summed E-state index contributed by atoms with van der Waals surface area (Å²) in [5, 5.41) is 3.36.